The number of hydrogen-bond acceptors (Lipinski definition) is 4. The monoisotopic (exact) mass is 250 g/mol. The summed E-state index contributed by atoms with van der Waals surface area (Å²) >= 11 is 0. The summed E-state index contributed by atoms with van der Waals surface area (Å²) in [5, 5.41) is 3.24. The van der Waals surface area contributed by atoms with E-state index < -0.39 is 0 Å². The van der Waals surface area contributed by atoms with E-state index in [0.717, 1.165) is 31.7 Å². The number of benzene rings is 1. The Balaban J connectivity index is 1.82. The molecule has 0 saturated carbocycles. The zero-order valence-electron chi connectivity index (χ0n) is 10.4. The minimum absolute atomic E-state index is 0.105. The third kappa shape index (κ3) is 3.45. The molecule has 1 fully saturated rings. The van der Waals surface area contributed by atoms with Crippen molar-refractivity contribution in [3.05, 3.63) is 29.8 Å². The number of amides is 1. The molecule has 1 aromatic carbocycles. The highest BCUT2D eigenvalue weighted by molar-refractivity contribution is 5.93. The van der Waals surface area contributed by atoms with Crippen LogP contribution in [0.5, 0.6) is 5.75 Å². The van der Waals surface area contributed by atoms with Gasteiger partial charge in [-0.05, 0) is 50.2 Å². The zero-order chi connectivity index (χ0) is 12.8. The van der Waals surface area contributed by atoms with Crippen LogP contribution in [0, 0.1) is 0 Å². The summed E-state index contributed by atoms with van der Waals surface area (Å²) in [6.07, 6.45) is 1.94. The molecule has 0 radical (unpaired) electrons. The standard InChI is InChI=1S/C13H18N2O3/c1-17-11-4-2-10(3-5-11)13(16)15-18-12-6-8-14-9-7-12/h2-5,12,14H,6-9H2,1H3,(H,15,16). The van der Waals surface area contributed by atoms with Crippen LogP contribution in [0.1, 0.15) is 23.2 Å². The maximum atomic E-state index is 11.8. The predicted octanol–water partition coefficient (Wildman–Crippen LogP) is 1.11. The van der Waals surface area contributed by atoms with Gasteiger partial charge in [0, 0.05) is 5.56 Å². The number of carbonyl (C=O) groups is 1. The molecular formula is C13H18N2O3. The highest BCUT2D eigenvalue weighted by atomic mass is 16.7. The normalized spacial score (nSPS) is 16.3. The van der Waals surface area contributed by atoms with Crippen molar-refractivity contribution < 1.29 is 14.4 Å². The first-order valence-corrected chi connectivity index (χ1v) is 6.10. The van der Waals surface area contributed by atoms with Crippen LogP contribution < -0.4 is 15.5 Å². The Kier molecular flexibility index (Phi) is 4.55. The Labute approximate surface area is 106 Å². The summed E-state index contributed by atoms with van der Waals surface area (Å²) in [6.45, 7) is 1.87. The minimum atomic E-state index is -0.226. The van der Waals surface area contributed by atoms with Crippen molar-refractivity contribution >= 4 is 5.91 Å². The summed E-state index contributed by atoms with van der Waals surface area (Å²) in [5.41, 5.74) is 3.06. The van der Waals surface area contributed by atoms with Crippen LogP contribution in [0.4, 0.5) is 0 Å². The highest BCUT2D eigenvalue weighted by Crippen LogP contribution is 2.11. The number of hydroxylamine groups is 1. The largest absolute Gasteiger partial charge is 0.497 e. The molecule has 18 heavy (non-hydrogen) atoms. The van der Waals surface area contributed by atoms with Crippen LogP contribution in [-0.2, 0) is 4.84 Å². The maximum Gasteiger partial charge on any atom is 0.274 e. The average molecular weight is 250 g/mol. The van der Waals surface area contributed by atoms with Gasteiger partial charge >= 0.3 is 0 Å². The average Bonchev–Trinajstić information content (AvgIpc) is 2.46. The van der Waals surface area contributed by atoms with Gasteiger partial charge in [0.15, 0.2) is 0 Å². The second-order valence-corrected chi connectivity index (χ2v) is 4.23. The van der Waals surface area contributed by atoms with Crippen molar-refractivity contribution in [1.29, 1.82) is 0 Å². The van der Waals surface area contributed by atoms with E-state index in [2.05, 4.69) is 10.8 Å². The number of nitrogens with one attached hydrogen (secondary N) is 2. The van der Waals surface area contributed by atoms with Crippen molar-refractivity contribution in [2.75, 3.05) is 20.2 Å². The Hall–Kier alpha value is -1.59. The van der Waals surface area contributed by atoms with Crippen molar-refractivity contribution in [2.24, 2.45) is 0 Å². The van der Waals surface area contributed by atoms with Gasteiger partial charge in [-0.3, -0.25) is 9.63 Å². The molecule has 2 rings (SSSR count). The van der Waals surface area contributed by atoms with E-state index in [4.69, 9.17) is 9.57 Å². The molecule has 98 valence electrons. The molecule has 1 saturated heterocycles. The molecule has 1 aliphatic heterocycles. The molecular weight excluding hydrogens is 232 g/mol. The number of carbonyl (C=O) groups excluding carboxylic acids is 1. The van der Waals surface area contributed by atoms with Crippen molar-refractivity contribution in [3.8, 4) is 5.75 Å². The van der Waals surface area contributed by atoms with Crippen molar-refractivity contribution in [1.82, 2.24) is 10.8 Å². The van der Waals surface area contributed by atoms with Gasteiger partial charge in [-0.15, -0.1) is 0 Å². The second-order valence-electron chi connectivity index (χ2n) is 4.23. The summed E-state index contributed by atoms with van der Waals surface area (Å²) in [7, 11) is 1.59. The lowest BCUT2D eigenvalue weighted by molar-refractivity contribution is -0.0282. The SMILES string of the molecule is COc1ccc(C(=O)NOC2CCNCC2)cc1. The third-order valence-electron chi connectivity index (χ3n) is 2.96. The fourth-order valence-electron chi connectivity index (χ4n) is 1.85. The summed E-state index contributed by atoms with van der Waals surface area (Å²) in [4.78, 5) is 17.2. The van der Waals surface area contributed by atoms with Crippen LogP contribution in [0.15, 0.2) is 24.3 Å². The number of ether oxygens (including phenoxy) is 1. The Morgan fingerprint density at radius 1 is 1.28 bits per heavy atom. The van der Waals surface area contributed by atoms with Crippen LogP contribution >= 0.6 is 0 Å². The maximum absolute atomic E-state index is 11.8. The predicted molar refractivity (Wildman–Crippen MR) is 67.4 cm³/mol. The summed E-state index contributed by atoms with van der Waals surface area (Å²) in [5.74, 6) is 0.502. The fraction of sp³-hybridized carbons (Fsp3) is 0.462. The lowest BCUT2D eigenvalue weighted by Crippen LogP contribution is -2.37. The molecule has 0 aliphatic carbocycles. The van der Waals surface area contributed by atoms with Gasteiger partial charge in [0.1, 0.15) is 5.75 Å². The topological polar surface area (TPSA) is 59.6 Å². The van der Waals surface area contributed by atoms with Gasteiger partial charge in [-0.1, -0.05) is 0 Å². The number of hydrogen-bond donors (Lipinski definition) is 2. The van der Waals surface area contributed by atoms with Crippen LogP contribution in [-0.4, -0.2) is 32.2 Å². The smallest absolute Gasteiger partial charge is 0.274 e. The minimum Gasteiger partial charge on any atom is -0.497 e. The van der Waals surface area contributed by atoms with Crippen LogP contribution in [0.25, 0.3) is 0 Å². The number of methoxy groups -OCH3 is 1. The molecule has 1 heterocycles. The summed E-state index contributed by atoms with van der Waals surface area (Å²) in [6, 6.07) is 6.92. The first kappa shape index (κ1) is 12.9. The first-order chi connectivity index (χ1) is 8.79. The zero-order valence-corrected chi connectivity index (χ0v) is 10.4. The Morgan fingerprint density at radius 3 is 2.56 bits per heavy atom. The van der Waals surface area contributed by atoms with Crippen molar-refractivity contribution in [3.63, 3.8) is 0 Å². The van der Waals surface area contributed by atoms with Gasteiger partial charge in [0.2, 0.25) is 0 Å². The van der Waals surface area contributed by atoms with Crippen LogP contribution in [0.3, 0.4) is 0 Å². The van der Waals surface area contributed by atoms with E-state index in [1.165, 1.54) is 0 Å². The van der Waals surface area contributed by atoms with E-state index in [0.29, 0.717) is 5.56 Å². The highest BCUT2D eigenvalue weighted by Gasteiger charge is 2.15. The molecule has 0 aromatic heterocycles. The van der Waals surface area contributed by atoms with Gasteiger partial charge < -0.3 is 10.1 Å². The third-order valence-corrected chi connectivity index (χ3v) is 2.96. The van der Waals surface area contributed by atoms with Gasteiger partial charge in [0.05, 0.1) is 13.2 Å². The second kappa shape index (κ2) is 6.37. The molecule has 0 unspecified atom stereocenters. The lowest BCUT2D eigenvalue weighted by atomic mass is 10.1. The Morgan fingerprint density at radius 2 is 1.94 bits per heavy atom. The molecule has 2 N–H and O–H groups in total. The molecule has 0 spiro atoms. The molecule has 0 atom stereocenters. The lowest BCUT2D eigenvalue weighted by Gasteiger charge is -2.22. The van der Waals surface area contributed by atoms with E-state index in [1.807, 2.05) is 0 Å². The Bertz CT molecular complexity index is 386. The molecule has 1 amide bonds. The number of piperidine rings is 1. The number of rotatable bonds is 4. The fourth-order valence-corrected chi connectivity index (χ4v) is 1.85. The van der Waals surface area contributed by atoms with E-state index in [9.17, 15) is 4.79 Å². The quantitative estimate of drug-likeness (QED) is 0.786. The molecule has 1 aromatic rings. The van der Waals surface area contributed by atoms with E-state index >= 15 is 0 Å². The van der Waals surface area contributed by atoms with E-state index in [1.54, 1.807) is 31.4 Å². The molecule has 5 heteroatoms. The molecule has 5 nitrogen and oxygen atoms in total. The van der Waals surface area contributed by atoms with Crippen LogP contribution in [0.2, 0.25) is 0 Å². The molecule has 1 aliphatic rings. The van der Waals surface area contributed by atoms with E-state index in [-0.39, 0.29) is 12.0 Å². The summed E-state index contributed by atoms with van der Waals surface area (Å²) < 4.78 is 5.03. The van der Waals surface area contributed by atoms with Gasteiger partial charge in [-0.2, -0.15) is 0 Å². The first-order valence-electron chi connectivity index (χ1n) is 6.10. The van der Waals surface area contributed by atoms with Gasteiger partial charge in [-0.25, -0.2) is 5.48 Å². The van der Waals surface area contributed by atoms with Crippen molar-refractivity contribution in [2.45, 2.75) is 18.9 Å². The van der Waals surface area contributed by atoms with Gasteiger partial charge in [0.25, 0.3) is 5.91 Å². The molecule has 0 bridgehead atoms.